The first kappa shape index (κ1) is 15.8. The molecule has 1 aliphatic carbocycles. The van der Waals surface area contributed by atoms with Gasteiger partial charge in [-0.3, -0.25) is 9.59 Å². The first-order valence-electron chi connectivity index (χ1n) is 7.43. The van der Waals surface area contributed by atoms with Crippen molar-refractivity contribution in [3.05, 3.63) is 0 Å². The van der Waals surface area contributed by atoms with E-state index in [1.807, 2.05) is 0 Å². The second kappa shape index (κ2) is 6.89. The lowest BCUT2D eigenvalue weighted by molar-refractivity contribution is -0.147. The Morgan fingerprint density at radius 3 is 2.52 bits per heavy atom. The average molecular weight is 298 g/mol. The van der Waals surface area contributed by atoms with Gasteiger partial charge in [0.05, 0.1) is 6.61 Å². The first-order valence-corrected chi connectivity index (χ1v) is 7.43. The molecule has 1 saturated heterocycles. The van der Waals surface area contributed by atoms with E-state index in [1.165, 1.54) is 0 Å². The van der Waals surface area contributed by atoms with Gasteiger partial charge in [0, 0.05) is 31.9 Å². The van der Waals surface area contributed by atoms with Crippen LogP contribution in [0, 0.1) is 5.92 Å². The summed E-state index contributed by atoms with van der Waals surface area (Å²) in [5.74, 6) is -1.39. The van der Waals surface area contributed by atoms with Crippen LogP contribution in [0.25, 0.3) is 0 Å². The van der Waals surface area contributed by atoms with Gasteiger partial charge >= 0.3 is 5.97 Å². The number of amides is 2. The van der Waals surface area contributed by atoms with Gasteiger partial charge in [-0.2, -0.15) is 0 Å². The van der Waals surface area contributed by atoms with E-state index in [2.05, 4.69) is 10.6 Å². The fourth-order valence-corrected chi connectivity index (χ4v) is 2.85. The van der Waals surface area contributed by atoms with Crippen LogP contribution in [-0.4, -0.2) is 48.2 Å². The quantitative estimate of drug-likeness (QED) is 0.642. The summed E-state index contributed by atoms with van der Waals surface area (Å²) in [6.07, 6.45) is 4.34. The molecule has 0 aromatic carbocycles. The van der Waals surface area contributed by atoms with Crippen LogP contribution >= 0.6 is 0 Å². The summed E-state index contributed by atoms with van der Waals surface area (Å²) < 4.78 is 5.07. The van der Waals surface area contributed by atoms with E-state index in [0.29, 0.717) is 6.61 Å². The molecule has 0 aromatic heterocycles. The fourth-order valence-electron chi connectivity index (χ4n) is 2.85. The SMILES string of the molecule is O=C(CCNC(=O)C1CCCC1)NC1(C(=O)O)CCOC1. The maximum atomic E-state index is 11.8. The molecule has 2 amide bonds. The molecule has 2 fully saturated rings. The summed E-state index contributed by atoms with van der Waals surface area (Å²) in [6.45, 7) is 0.547. The summed E-state index contributed by atoms with van der Waals surface area (Å²) >= 11 is 0. The number of hydrogen-bond acceptors (Lipinski definition) is 4. The standard InChI is InChI=1S/C14H22N2O5/c17-11(16-14(13(19)20)6-8-21-9-14)5-7-15-12(18)10-3-1-2-4-10/h10H,1-9H2,(H,15,18)(H,16,17)(H,19,20). The molecule has 1 aliphatic heterocycles. The number of carboxylic acid groups (broad SMARTS) is 1. The van der Waals surface area contributed by atoms with Gasteiger partial charge in [0.2, 0.25) is 11.8 Å². The highest BCUT2D eigenvalue weighted by atomic mass is 16.5. The average Bonchev–Trinajstić information content (AvgIpc) is 3.10. The van der Waals surface area contributed by atoms with Gasteiger partial charge in [0.1, 0.15) is 0 Å². The van der Waals surface area contributed by atoms with E-state index in [0.717, 1.165) is 25.7 Å². The van der Waals surface area contributed by atoms with Crippen molar-refractivity contribution in [1.82, 2.24) is 10.6 Å². The summed E-state index contributed by atoms with van der Waals surface area (Å²) in [6, 6.07) is 0. The van der Waals surface area contributed by atoms with Crippen LogP contribution in [0.1, 0.15) is 38.5 Å². The molecule has 7 nitrogen and oxygen atoms in total. The maximum absolute atomic E-state index is 11.8. The lowest BCUT2D eigenvalue weighted by Gasteiger charge is -2.23. The highest BCUT2D eigenvalue weighted by molar-refractivity contribution is 5.87. The zero-order valence-electron chi connectivity index (χ0n) is 12.0. The number of carboxylic acids is 1. The molecule has 0 aromatic rings. The Labute approximate surface area is 123 Å². The Bertz CT molecular complexity index is 412. The van der Waals surface area contributed by atoms with Crippen molar-refractivity contribution in [2.45, 2.75) is 44.1 Å². The monoisotopic (exact) mass is 298 g/mol. The summed E-state index contributed by atoms with van der Waals surface area (Å²) in [4.78, 5) is 34.9. The van der Waals surface area contributed by atoms with E-state index in [4.69, 9.17) is 4.74 Å². The lowest BCUT2D eigenvalue weighted by Crippen LogP contribution is -2.55. The minimum atomic E-state index is -1.31. The van der Waals surface area contributed by atoms with E-state index in [9.17, 15) is 19.5 Å². The topological polar surface area (TPSA) is 105 Å². The van der Waals surface area contributed by atoms with Crippen LogP contribution in [0.4, 0.5) is 0 Å². The van der Waals surface area contributed by atoms with Crippen molar-refractivity contribution >= 4 is 17.8 Å². The first-order chi connectivity index (χ1) is 10.0. The molecule has 0 bridgehead atoms. The molecule has 1 heterocycles. The third-order valence-electron chi connectivity index (χ3n) is 4.19. The van der Waals surface area contributed by atoms with Crippen LogP contribution in [-0.2, 0) is 19.1 Å². The largest absolute Gasteiger partial charge is 0.479 e. The summed E-state index contributed by atoms with van der Waals surface area (Å²) in [5.41, 5.74) is -1.31. The molecular formula is C14H22N2O5. The molecule has 1 unspecified atom stereocenters. The van der Waals surface area contributed by atoms with Crippen LogP contribution in [0.15, 0.2) is 0 Å². The number of ether oxygens (including phenoxy) is 1. The number of carbonyl (C=O) groups is 3. The Morgan fingerprint density at radius 2 is 1.95 bits per heavy atom. The molecule has 0 spiro atoms. The van der Waals surface area contributed by atoms with E-state index in [1.54, 1.807) is 0 Å². The third-order valence-corrected chi connectivity index (χ3v) is 4.19. The van der Waals surface area contributed by atoms with Gasteiger partial charge in [-0.1, -0.05) is 12.8 Å². The maximum Gasteiger partial charge on any atom is 0.331 e. The van der Waals surface area contributed by atoms with Crippen molar-refractivity contribution in [3.63, 3.8) is 0 Å². The predicted molar refractivity (Wildman–Crippen MR) is 73.5 cm³/mol. The lowest BCUT2D eigenvalue weighted by atomic mass is 9.99. The molecule has 0 radical (unpaired) electrons. The van der Waals surface area contributed by atoms with Crippen molar-refractivity contribution in [2.75, 3.05) is 19.8 Å². The second-order valence-corrected chi connectivity index (χ2v) is 5.76. The third kappa shape index (κ3) is 3.93. The second-order valence-electron chi connectivity index (χ2n) is 5.76. The van der Waals surface area contributed by atoms with Crippen LogP contribution in [0.2, 0.25) is 0 Å². The van der Waals surface area contributed by atoms with Gasteiger partial charge in [-0.05, 0) is 12.8 Å². The molecule has 3 N–H and O–H groups in total. The molecule has 1 saturated carbocycles. The Hall–Kier alpha value is -1.63. The molecule has 118 valence electrons. The van der Waals surface area contributed by atoms with E-state index < -0.39 is 11.5 Å². The number of rotatable bonds is 6. The summed E-state index contributed by atoms with van der Waals surface area (Å²) in [7, 11) is 0. The van der Waals surface area contributed by atoms with Crippen molar-refractivity contribution < 1.29 is 24.2 Å². The fraction of sp³-hybridized carbons (Fsp3) is 0.786. The smallest absolute Gasteiger partial charge is 0.331 e. The van der Waals surface area contributed by atoms with E-state index in [-0.39, 0.29) is 43.7 Å². The molecule has 7 heteroatoms. The van der Waals surface area contributed by atoms with Crippen molar-refractivity contribution in [2.24, 2.45) is 5.92 Å². The zero-order valence-corrected chi connectivity index (χ0v) is 12.0. The van der Waals surface area contributed by atoms with Crippen LogP contribution in [0.5, 0.6) is 0 Å². The predicted octanol–water partition coefficient (Wildman–Crippen LogP) is 0.0428. The van der Waals surface area contributed by atoms with Crippen molar-refractivity contribution in [1.29, 1.82) is 0 Å². The van der Waals surface area contributed by atoms with Gasteiger partial charge < -0.3 is 20.5 Å². The number of carbonyl (C=O) groups excluding carboxylic acids is 2. The van der Waals surface area contributed by atoms with Crippen LogP contribution in [0.3, 0.4) is 0 Å². The highest BCUT2D eigenvalue weighted by Gasteiger charge is 2.43. The van der Waals surface area contributed by atoms with Gasteiger partial charge in [-0.25, -0.2) is 4.79 Å². The molecule has 2 rings (SSSR count). The summed E-state index contributed by atoms with van der Waals surface area (Å²) in [5, 5.41) is 14.5. The Kier molecular flexibility index (Phi) is 5.17. The Morgan fingerprint density at radius 1 is 1.24 bits per heavy atom. The van der Waals surface area contributed by atoms with Crippen LogP contribution < -0.4 is 10.6 Å². The van der Waals surface area contributed by atoms with Gasteiger partial charge in [0.25, 0.3) is 0 Å². The number of aliphatic carboxylic acids is 1. The minimum absolute atomic E-state index is 0.00236. The molecule has 1 atom stereocenters. The molecule has 21 heavy (non-hydrogen) atoms. The normalized spacial score (nSPS) is 25.7. The number of hydrogen-bond donors (Lipinski definition) is 3. The number of nitrogens with one attached hydrogen (secondary N) is 2. The molecule has 2 aliphatic rings. The minimum Gasteiger partial charge on any atom is -0.479 e. The van der Waals surface area contributed by atoms with Gasteiger partial charge in [-0.15, -0.1) is 0 Å². The zero-order chi connectivity index (χ0) is 15.3. The van der Waals surface area contributed by atoms with E-state index >= 15 is 0 Å². The molecular weight excluding hydrogens is 276 g/mol. The Balaban J connectivity index is 1.71. The van der Waals surface area contributed by atoms with Gasteiger partial charge in [0.15, 0.2) is 5.54 Å². The van der Waals surface area contributed by atoms with Crippen molar-refractivity contribution in [3.8, 4) is 0 Å². The highest BCUT2D eigenvalue weighted by Crippen LogP contribution is 2.24.